The molecular formula is C24H18Br2N2O3. The van der Waals surface area contributed by atoms with Crippen molar-refractivity contribution in [1.82, 2.24) is 0 Å². The Morgan fingerprint density at radius 2 is 1.77 bits per heavy atom. The van der Waals surface area contributed by atoms with Crippen molar-refractivity contribution in [2.75, 3.05) is 0 Å². The van der Waals surface area contributed by atoms with Crippen LogP contribution in [0, 0.1) is 18.3 Å². The third kappa shape index (κ3) is 4.27. The maximum atomic E-state index is 9.81. The molecule has 0 aliphatic carbocycles. The number of aryl methyl sites for hydroxylation is 1. The summed E-state index contributed by atoms with van der Waals surface area (Å²) < 4.78 is 13.1. The first-order chi connectivity index (χ1) is 14.9. The van der Waals surface area contributed by atoms with Gasteiger partial charge >= 0.3 is 0 Å². The molecule has 0 spiro atoms. The molecule has 0 saturated carbocycles. The first-order valence-corrected chi connectivity index (χ1v) is 11.0. The Balaban J connectivity index is 1.70. The average molecular weight is 542 g/mol. The number of nitrogens with zero attached hydrogens (tertiary/aromatic N) is 1. The quantitative estimate of drug-likeness (QED) is 0.421. The lowest BCUT2D eigenvalue weighted by Crippen LogP contribution is -2.21. The second kappa shape index (κ2) is 8.66. The monoisotopic (exact) mass is 540 g/mol. The minimum absolute atomic E-state index is 0.0255. The fourth-order valence-electron chi connectivity index (χ4n) is 3.51. The third-order valence-electron chi connectivity index (χ3n) is 5.06. The SMILES string of the molecule is Cc1ccc(COc2c(Br)cc([C@@H]3C(C#N)=C(N)Oc4cc(O)ccc43)cc2Br)cc1. The van der Waals surface area contributed by atoms with E-state index in [1.165, 1.54) is 11.6 Å². The molecule has 156 valence electrons. The van der Waals surface area contributed by atoms with E-state index in [9.17, 15) is 10.4 Å². The molecule has 3 N–H and O–H groups in total. The van der Waals surface area contributed by atoms with Gasteiger partial charge < -0.3 is 20.3 Å². The Hall–Kier alpha value is -2.95. The van der Waals surface area contributed by atoms with Gasteiger partial charge in [-0.15, -0.1) is 0 Å². The Labute approximate surface area is 197 Å². The molecule has 0 amide bonds. The van der Waals surface area contributed by atoms with Gasteiger partial charge in [-0.25, -0.2) is 0 Å². The van der Waals surface area contributed by atoms with E-state index in [2.05, 4.69) is 37.9 Å². The van der Waals surface area contributed by atoms with Gasteiger partial charge in [0.05, 0.1) is 14.9 Å². The molecule has 5 nitrogen and oxygen atoms in total. The van der Waals surface area contributed by atoms with Crippen molar-refractivity contribution >= 4 is 31.9 Å². The molecule has 31 heavy (non-hydrogen) atoms. The predicted molar refractivity (Wildman–Crippen MR) is 125 cm³/mol. The van der Waals surface area contributed by atoms with E-state index in [1.54, 1.807) is 12.1 Å². The van der Waals surface area contributed by atoms with Gasteiger partial charge in [-0.05, 0) is 68.1 Å². The molecule has 0 fully saturated rings. The van der Waals surface area contributed by atoms with Gasteiger partial charge in [-0.1, -0.05) is 35.9 Å². The highest BCUT2D eigenvalue weighted by Crippen LogP contribution is 2.46. The number of phenolic OH excluding ortho intramolecular Hbond substituents is 1. The highest BCUT2D eigenvalue weighted by atomic mass is 79.9. The maximum absolute atomic E-state index is 9.81. The molecule has 0 saturated heterocycles. The molecule has 1 aliphatic rings. The van der Waals surface area contributed by atoms with Crippen molar-refractivity contribution in [2.24, 2.45) is 5.73 Å². The summed E-state index contributed by atoms with van der Waals surface area (Å²) in [5.41, 5.74) is 10.2. The Morgan fingerprint density at radius 1 is 1.10 bits per heavy atom. The first kappa shape index (κ1) is 21.3. The Kier molecular flexibility index (Phi) is 5.94. The average Bonchev–Trinajstić information content (AvgIpc) is 2.73. The summed E-state index contributed by atoms with van der Waals surface area (Å²) in [6, 6.07) is 18.9. The van der Waals surface area contributed by atoms with Crippen molar-refractivity contribution in [1.29, 1.82) is 5.26 Å². The number of ether oxygens (including phenoxy) is 2. The molecule has 1 atom stereocenters. The maximum Gasteiger partial charge on any atom is 0.205 e. The van der Waals surface area contributed by atoms with E-state index >= 15 is 0 Å². The number of nitrogens with two attached hydrogens (primary N) is 1. The minimum Gasteiger partial charge on any atom is -0.508 e. The van der Waals surface area contributed by atoms with Crippen LogP contribution in [0.5, 0.6) is 17.2 Å². The van der Waals surface area contributed by atoms with Crippen LogP contribution in [0.3, 0.4) is 0 Å². The van der Waals surface area contributed by atoms with E-state index in [0.29, 0.717) is 23.7 Å². The number of aromatic hydroxyl groups is 1. The second-order valence-corrected chi connectivity index (χ2v) is 8.94. The zero-order valence-corrected chi connectivity index (χ0v) is 19.7. The number of rotatable bonds is 4. The Morgan fingerprint density at radius 3 is 2.42 bits per heavy atom. The summed E-state index contributed by atoms with van der Waals surface area (Å²) in [7, 11) is 0. The lowest BCUT2D eigenvalue weighted by atomic mass is 9.83. The smallest absolute Gasteiger partial charge is 0.205 e. The van der Waals surface area contributed by atoms with Gasteiger partial charge in [0, 0.05) is 11.6 Å². The van der Waals surface area contributed by atoms with Gasteiger partial charge in [0.25, 0.3) is 0 Å². The van der Waals surface area contributed by atoms with Crippen molar-refractivity contribution in [3.05, 3.63) is 97.3 Å². The topological polar surface area (TPSA) is 88.5 Å². The lowest BCUT2D eigenvalue weighted by Gasteiger charge is -2.27. The van der Waals surface area contributed by atoms with Crippen LogP contribution in [0.2, 0.25) is 0 Å². The number of allylic oxidation sites excluding steroid dienone is 1. The first-order valence-electron chi connectivity index (χ1n) is 9.45. The van der Waals surface area contributed by atoms with Crippen LogP contribution in [-0.2, 0) is 6.61 Å². The van der Waals surface area contributed by atoms with Crippen LogP contribution >= 0.6 is 31.9 Å². The van der Waals surface area contributed by atoms with Crippen molar-refractivity contribution < 1.29 is 14.6 Å². The van der Waals surface area contributed by atoms with Gasteiger partial charge in [0.1, 0.15) is 35.5 Å². The van der Waals surface area contributed by atoms with Crippen LogP contribution in [0.25, 0.3) is 0 Å². The zero-order chi connectivity index (χ0) is 22.1. The largest absolute Gasteiger partial charge is 0.508 e. The molecule has 1 aliphatic heterocycles. The summed E-state index contributed by atoms with van der Waals surface area (Å²) in [6.07, 6.45) is 0. The van der Waals surface area contributed by atoms with Gasteiger partial charge in [0.15, 0.2) is 0 Å². The molecule has 0 aromatic heterocycles. The summed E-state index contributed by atoms with van der Waals surface area (Å²) >= 11 is 7.20. The molecular weight excluding hydrogens is 524 g/mol. The van der Waals surface area contributed by atoms with Crippen LogP contribution in [0.1, 0.15) is 28.2 Å². The van der Waals surface area contributed by atoms with Crippen molar-refractivity contribution in [3.8, 4) is 23.3 Å². The number of halogens is 2. The molecule has 3 aromatic rings. The fourth-order valence-corrected chi connectivity index (χ4v) is 4.96. The summed E-state index contributed by atoms with van der Waals surface area (Å²) in [6.45, 7) is 2.47. The van der Waals surface area contributed by atoms with Gasteiger partial charge in [-0.3, -0.25) is 0 Å². The molecule has 1 heterocycles. The summed E-state index contributed by atoms with van der Waals surface area (Å²) in [5.74, 6) is 0.741. The zero-order valence-electron chi connectivity index (χ0n) is 16.5. The number of phenols is 1. The van der Waals surface area contributed by atoms with Crippen LogP contribution in [-0.4, -0.2) is 5.11 Å². The highest BCUT2D eigenvalue weighted by Gasteiger charge is 2.31. The summed E-state index contributed by atoms with van der Waals surface area (Å²) in [4.78, 5) is 0. The van der Waals surface area contributed by atoms with Crippen molar-refractivity contribution in [3.63, 3.8) is 0 Å². The van der Waals surface area contributed by atoms with Crippen LogP contribution in [0.15, 0.2) is 75.0 Å². The van der Waals surface area contributed by atoms with Gasteiger partial charge in [0.2, 0.25) is 5.88 Å². The van der Waals surface area contributed by atoms with Crippen LogP contribution in [0.4, 0.5) is 0 Å². The minimum atomic E-state index is -0.437. The molecule has 0 radical (unpaired) electrons. The normalized spacial score (nSPS) is 15.1. The lowest BCUT2D eigenvalue weighted by molar-refractivity contribution is 0.302. The number of hydrogen-bond donors (Lipinski definition) is 2. The van der Waals surface area contributed by atoms with Crippen molar-refractivity contribution in [2.45, 2.75) is 19.4 Å². The number of hydrogen-bond acceptors (Lipinski definition) is 5. The number of benzene rings is 3. The standard InChI is InChI=1S/C24H18Br2N2O3/c1-13-2-4-14(5-3-13)12-30-23-19(25)8-15(9-20(23)26)22-17-7-6-16(29)10-21(17)31-24(28)18(22)11-27/h2-10,22,29H,12,28H2,1H3/t22-/m0/s1. The van der Waals surface area contributed by atoms with Gasteiger partial charge in [-0.2, -0.15) is 5.26 Å². The molecule has 4 rings (SSSR count). The Bertz CT molecular complexity index is 1210. The van der Waals surface area contributed by atoms with E-state index < -0.39 is 5.92 Å². The van der Waals surface area contributed by atoms with E-state index in [4.69, 9.17) is 15.2 Å². The van der Waals surface area contributed by atoms with E-state index in [0.717, 1.165) is 25.6 Å². The molecule has 3 aromatic carbocycles. The highest BCUT2D eigenvalue weighted by molar-refractivity contribution is 9.11. The summed E-state index contributed by atoms with van der Waals surface area (Å²) in [5, 5.41) is 19.5. The molecule has 7 heteroatoms. The number of nitriles is 1. The second-order valence-electron chi connectivity index (χ2n) is 7.23. The van der Waals surface area contributed by atoms with E-state index in [-0.39, 0.29) is 11.6 Å². The fraction of sp³-hybridized carbons (Fsp3) is 0.125. The molecule has 0 bridgehead atoms. The number of fused-ring (bicyclic) bond motifs is 1. The molecule has 0 unspecified atom stereocenters. The van der Waals surface area contributed by atoms with E-state index in [1.807, 2.05) is 43.3 Å². The third-order valence-corrected chi connectivity index (χ3v) is 6.24. The van der Waals surface area contributed by atoms with Crippen LogP contribution < -0.4 is 15.2 Å². The predicted octanol–water partition coefficient (Wildman–Crippen LogP) is 6.02.